The Morgan fingerprint density at radius 2 is 2.17 bits per heavy atom. The molecule has 0 bridgehead atoms. The summed E-state index contributed by atoms with van der Waals surface area (Å²) in [7, 11) is 1.90. The lowest BCUT2D eigenvalue weighted by Crippen LogP contribution is -2.26. The van der Waals surface area contributed by atoms with Crippen molar-refractivity contribution in [1.82, 2.24) is 10.6 Å². The lowest BCUT2D eigenvalue weighted by Gasteiger charge is -2.07. The van der Waals surface area contributed by atoms with Crippen LogP contribution >= 0.6 is 27.5 Å². The third-order valence-corrected chi connectivity index (χ3v) is 3.56. The molecular formula is C13H18BrClN2O. The molecule has 2 N–H and O–H groups in total. The van der Waals surface area contributed by atoms with E-state index in [0.717, 1.165) is 29.5 Å². The van der Waals surface area contributed by atoms with Gasteiger partial charge in [-0.3, -0.25) is 4.79 Å². The fourth-order valence-electron chi connectivity index (χ4n) is 1.56. The maximum Gasteiger partial charge on any atom is 0.220 e. The number of aryl methyl sites for hydroxylation is 1. The van der Waals surface area contributed by atoms with Crippen molar-refractivity contribution < 1.29 is 4.79 Å². The zero-order valence-corrected chi connectivity index (χ0v) is 12.8. The average Bonchev–Trinajstić information content (AvgIpc) is 2.36. The molecule has 0 atom stereocenters. The molecule has 0 radical (unpaired) electrons. The fraction of sp³-hybridized carbons (Fsp3) is 0.462. The monoisotopic (exact) mass is 332 g/mol. The van der Waals surface area contributed by atoms with Crippen molar-refractivity contribution in [2.45, 2.75) is 19.3 Å². The van der Waals surface area contributed by atoms with Gasteiger partial charge in [0.15, 0.2) is 0 Å². The van der Waals surface area contributed by atoms with E-state index in [1.807, 2.05) is 25.2 Å². The number of amides is 1. The summed E-state index contributed by atoms with van der Waals surface area (Å²) in [4.78, 5) is 11.6. The van der Waals surface area contributed by atoms with Crippen LogP contribution in [0.25, 0.3) is 0 Å². The molecule has 0 saturated heterocycles. The summed E-state index contributed by atoms with van der Waals surface area (Å²) in [5.74, 6) is 0.0815. The minimum absolute atomic E-state index is 0.0815. The summed E-state index contributed by atoms with van der Waals surface area (Å²) < 4.78 is 0.995. The molecule has 100 valence electrons. The summed E-state index contributed by atoms with van der Waals surface area (Å²) in [5.41, 5.74) is 1.06. The van der Waals surface area contributed by atoms with Gasteiger partial charge >= 0.3 is 0 Å². The first-order valence-electron chi connectivity index (χ1n) is 5.98. The van der Waals surface area contributed by atoms with E-state index in [9.17, 15) is 4.79 Å². The Bertz CT molecular complexity index is 399. The first-order chi connectivity index (χ1) is 8.63. The highest BCUT2D eigenvalue weighted by molar-refractivity contribution is 9.10. The number of rotatable bonds is 7. The summed E-state index contributed by atoms with van der Waals surface area (Å²) >= 11 is 9.38. The van der Waals surface area contributed by atoms with E-state index in [2.05, 4.69) is 26.6 Å². The molecule has 18 heavy (non-hydrogen) atoms. The Hall–Kier alpha value is -0.580. The Balaban J connectivity index is 2.31. The normalized spacial score (nSPS) is 10.4. The third-order valence-electron chi connectivity index (χ3n) is 2.55. The van der Waals surface area contributed by atoms with Crippen LogP contribution in [0.15, 0.2) is 22.7 Å². The van der Waals surface area contributed by atoms with Crippen molar-refractivity contribution in [3.63, 3.8) is 0 Å². The Morgan fingerprint density at radius 1 is 1.39 bits per heavy atom. The second-order valence-corrected chi connectivity index (χ2v) is 5.33. The molecule has 1 amide bonds. The number of carbonyl (C=O) groups excluding carboxylic acids is 1. The highest BCUT2D eigenvalue weighted by Crippen LogP contribution is 2.22. The van der Waals surface area contributed by atoms with Crippen LogP contribution in [0.5, 0.6) is 0 Å². The molecule has 0 aromatic heterocycles. The highest BCUT2D eigenvalue weighted by Gasteiger charge is 2.05. The minimum Gasteiger partial charge on any atom is -0.356 e. The van der Waals surface area contributed by atoms with Gasteiger partial charge < -0.3 is 10.6 Å². The minimum atomic E-state index is 0.0815. The van der Waals surface area contributed by atoms with Crippen LogP contribution in [0.4, 0.5) is 0 Å². The molecular weight excluding hydrogens is 316 g/mol. The molecule has 3 nitrogen and oxygen atoms in total. The van der Waals surface area contributed by atoms with Crippen LogP contribution in [-0.2, 0) is 11.2 Å². The number of halogens is 2. The summed E-state index contributed by atoms with van der Waals surface area (Å²) in [6.07, 6.45) is 2.13. The average molecular weight is 334 g/mol. The van der Waals surface area contributed by atoms with Gasteiger partial charge in [-0.1, -0.05) is 27.5 Å². The van der Waals surface area contributed by atoms with Gasteiger partial charge in [-0.2, -0.15) is 0 Å². The zero-order valence-electron chi connectivity index (χ0n) is 10.4. The van der Waals surface area contributed by atoms with Crippen molar-refractivity contribution in [2.75, 3.05) is 20.1 Å². The topological polar surface area (TPSA) is 41.1 Å². The molecule has 0 unspecified atom stereocenters. The Kier molecular flexibility index (Phi) is 7.32. The predicted octanol–water partition coefficient (Wildman–Crippen LogP) is 2.76. The summed E-state index contributed by atoms with van der Waals surface area (Å²) in [6.45, 7) is 1.64. The molecule has 1 aromatic carbocycles. The van der Waals surface area contributed by atoms with Gasteiger partial charge in [0.05, 0.1) is 0 Å². The van der Waals surface area contributed by atoms with E-state index in [0.29, 0.717) is 17.9 Å². The van der Waals surface area contributed by atoms with Gasteiger partial charge in [0.1, 0.15) is 0 Å². The Morgan fingerprint density at radius 3 is 2.89 bits per heavy atom. The highest BCUT2D eigenvalue weighted by atomic mass is 79.9. The van der Waals surface area contributed by atoms with E-state index >= 15 is 0 Å². The molecule has 0 heterocycles. The lowest BCUT2D eigenvalue weighted by molar-refractivity contribution is -0.121. The van der Waals surface area contributed by atoms with E-state index in [-0.39, 0.29) is 5.91 Å². The SMILES string of the molecule is CNCCCNC(=O)CCc1cc(Cl)ccc1Br. The van der Waals surface area contributed by atoms with Crippen molar-refractivity contribution in [3.8, 4) is 0 Å². The number of hydrogen-bond donors (Lipinski definition) is 2. The van der Waals surface area contributed by atoms with Crippen LogP contribution < -0.4 is 10.6 Å². The molecule has 5 heteroatoms. The molecule has 1 aromatic rings. The molecule has 0 aliphatic heterocycles. The molecule has 0 spiro atoms. The van der Waals surface area contributed by atoms with Crippen LogP contribution in [0.2, 0.25) is 5.02 Å². The zero-order chi connectivity index (χ0) is 13.4. The maximum absolute atomic E-state index is 11.6. The predicted molar refractivity (Wildman–Crippen MR) is 79.0 cm³/mol. The van der Waals surface area contributed by atoms with E-state index < -0.39 is 0 Å². The van der Waals surface area contributed by atoms with Gasteiger partial charge in [0.25, 0.3) is 0 Å². The molecule has 0 saturated carbocycles. The van der Waals surface area contributed by atoms with Crippen LogP contribution in [0, 0.1) is 0 Å². The number of nitrogens with one attached hydrogen (secondary N) is 2. The van der Waals surface area contributed by atoms with Gasteiger partial charge in [-0.05, 0) is 50.2 Å². The van der Waals surface area contributed by atoms with Crippen molar-refractivity contribution in [2.24, 2.45) is 0 Å². The van der Waals surface area contributed by atoms with E-state index in [1.165, 1.54) is 0 Å². The van der Waals surface area contributed by atoms with Crippen molar-refractivity contribution in [1.29, 1.82) is 0 Å². The fourth-order valence-corrected chi connectivity index (χ4v) is 2.20. The van der Waals surface area contributed by atoms with Crippen LogP contribution in [0.1, 0.15) is 18.4 Å². The van der Waals surface area contributed by atoms with Crippen molar-refractivity contribution in [3.05, 3.63) is 33.3 Å². The second-order valence-electron chi connectivity index (χ2n) is 4.04. The Labute approximate surface area is 121 Å². The third kappa shape index (κ3) is 5.85. The van der Waals surface area contributed by atoms with Gasteiger partial charge in [0, 0.05) is 22.5 Å². The first-order valence-corrected chi connectivity index (χ1v) is 7.16. The van der Waals surface area contributed by atoms with Crippen LogP contribution in [0.3, 0.4) is 0 Å². The summed E-state index contributed by atoms with van der Waals surface area (Å²) in [5, 5.41) is 6.63. The standard InChI is InChI=1S/C13H18BrClN2O/c1-16-7-2-8-17-13(18)6-3-10-9-11(15)4-5-12(10)14/h4-5,9,16H,2-3,6-8H2,1H3,(H,17,18). The molecule has 1 rings (SSSR count). The molecule has 0 aliphatic rings. The lowest BCUT2D eigenvalue weighted by atomic mass is 10.1. The summed E-state index contributed by atoms with van der Waals surface area (Å²) in [6, 6.07) is 5.62. The van der Waals surface area contributed by atoms with E-state index in [4.69, 9.17) is 11.6 Å². The van der Waals surface area contributed by atoms with Gasteiger partial charge in [-0.25, -0.2) is 0 Å². The van der Waals surface area contributed by atoms with Crippen molar-refractivity contribution >= 4 is 33.4 Å². The smallest absolute Gasteiger partial charge is 0.220 e. The first kappa shape index (κ1) is 15.5. The van der Waals surface area contributed by atoms with E-state index in [1.54, 1.807) is 0 Å². The number of benzene rings is 1. The number of carbonyl (C=O) groups is 1. The van der Waals surface area contributed by atoms with Gasteiger partial charge in [0.2, 0.25) is 5.91 Å². The molecule has 0 fully saturated rings. The largest absolute Gasteiger partial charge is 0.356 e. The second kappa shape index (κ2) is 8.51. The van der Waals surface area contributed by atoms with Gasteiger partial charge in [-0.15, -0.1) is 0 Å². The van der Waals surface area contributed by atoms with Crippen LogP contribution in [-0.4, -0.2) is 26.0 Å². The number of hydrogen-bond acceptors (Lipinski definition) is 2. The molecule has 0 aliphatic carbocycles. The quantitative estimate of drug-likeness (QED) is 0.753. The maximum atomic E-state index is 11.6.